The molecule has 3 heteroatoms. The smallest absolute Gasteiger partial charge is 0.339 e. The molecule has 0 amide bonds. The highest BCUT2D eigenvalue weighted by atomic mass is 16.5. The van der Waals surface area contributed by atoms with Crippen molar-refractivity contribution in [1.82, 2.24) is 0 Å². The lowest BCUT2D eigenvalue weighted by Gasteiger charge is -2.18. The average Bonchev–Trinajstić information content (AvgIpc) is 2.36. The van der Waals surface area contributed by atoms with Gasteiger partial charge in [-0.3, -0.25) is 0 Å². The van der Waals surface area contributed by atoms with Crippen molar-refractivity contribution < 1.29 is 14.6 Å². The Morgan fingerprint density at radius 2 is 2.22 bits per heavy atom. The van der Waals surface area contributed by atoms with Gasteiger partial charge in [0, 0.05) is 17.6 Å². The Balaban J connectivity index is 2.11. The van der Waals surface area contributed by atoms with Crippen molar-refractivity contribution in [2.45, 2.75) is 39.0 Å². The summed E-state index contributed by atoms with van der Waals surface area (Å²) in [5.74, 6) is 0.0135. The van der Waals surface area contributed by atoms with Crippen LogP contribution < -0.4 is 4.74 Å². The van der Waals surface area contributed by atoms with Gasteiger partial charge >= 0.3 is 5.97 Å². The number of hydrogen-bond acceptors (Lipinski definition) is 3. The second-order valence-corrected chi connectivity index (χ2v) is 4.56. The Hall–Kier alpha value is -1.77. The molecule has 0 bridgehead atoms. The van der Waals surface area contributed by atoms with Crippen molar-refractivity contribution in [2.75, 3.05) is 0 Å². The van der Waals surface area contributed by atoms with Crippen molar-refractivity contribution >= 4 is 5.97 Å². The van der Waals surface area contributed by atoms with Crippen LogP contribution in [-0.2, 0) is 11.2 Å². The fraction of sp³-hybridized carbons (Fsp3) is 0.400. The summed E-state index contributed by atoms with van der Waals surface area (Å²) in [5, 5.41) is 9.61. The molecule has 1 heterocycles. The molecule has 0 saturated heterocycles. The van der Waals surface area contributed by atoms with Gasteiger partial charge in [0.05, 0.1) is 0 Å². The van der Waals surface area contributed by atoms with E-state index in [9.17, 15) is 9.90 Å². The Kier molecular flexibility index (Phi) is 4.03. The highest BCUT2D eigenvalue weighted by Crippen LogP contribution is 2.35. The molecule has 0 aliphatic carbocycles. The standard InChI is InChI=1S/C15H18O3/c1-2-3-4-5-7-12-10-11-8-6-9-13(16)14(11)18-15(12)17/h6-9,16H,2-5,10H2,1H3/b12-7+. The third-order valence-electron chi connectivity index (χ3n) is 3.11. The number of fused-ring (bicyclic) bond motifs is 1. The van der Waals surface area contributed by atoms with Crippen LogP contribution in [0.5, 0.6) is 11.5 Å². The molecule has 1 aromatic rings. The van der Waals surface area contributed by atoms with Gasteiger partial charge in [-0.25, -0.2) is 4.79 Å². The molecule has 0 fully saturated rings. The number of ether oxygens (including phenoxy) is 1. The van der Waals surface area contributed by atoms with E-state index in [2.05, 4.69) is 6.92 Å². The van der Waals surface area contributed by atoms with E-state index < -0.39 is 0 Å². The van der Waals surface area contributed by atoms with Gasteiger partial charge in [0.15, 0.2) is 11.5 Å². The summed E-state index contributed by atoms with van der Waals surface area (Å²) < 4.78 is 5.18. The van der Waals surface area contributed by atoms with Gasteiger partial charge in [-0.15, -0.1) is 0 Å². The van der Waals surface area contributed by atoms with Gasteiger partial charge in [0.2, 0.25) is 0 Å². The van der Waals surface area contributed by atoms with Crippen molar-refractivity contribution in [1.29, 1.82) is 0 Å². The van der Waals surface area contributed by atoms with E-state index in [0.717, 1.165) is 18.4 Å². The largest absolute Gasteiger partial charge is 0.504 e. The number of phenols is 1. The van der Waals surface area contributed by atoms with E-state index in [1.807, 2.05) is 12.1 Å². The van der Waals surface area contributed by atoms with Crippen LogP contribution in [0.1, 0.15) is 38.2 Å². The summed E-state index contributed by atoms with van der Waals surface area (Å²) in [5.41, 5.74) is 1.57. The first-order valence-electron chi connectivity index (χ1n) is 6.44. The molecule has 3 nitrogen and oxygen atoms in total. The molecule has 96 valence electrons. The summed E-state index contributed by atoms with van der Waals surface area (Å²) >= 11 is 0. The first-order valence-corrected chi connectivity index (χ1v) is 6.44. The molecule has 1 aliphatic rings. The predicted octanol–water partition coefficient (Wildman–Crippen LogP) is 3.36. The Bertz CT molecular complexity index is 475. The van der Waals surface area contributed by atoms with Gasteiger partial charge in [-0.1, -0.05) is 38.0 Å². The molecule has 0 aromatic heterocycles. The highest BCUT2D eigenvalue weighted by Gasteiger charge is 2.24. The van der Waals surface area contributed by atoms with Crippen molar-refractivity contribution in [3.05, 3.63) is 35.4 Å². The number of unbranched alkanes of at least 4 members (excludes halogenated alkanes) is 3. The van der Waals surface area contributed by atoms with Gasteiger partial charge in [-0.05, 0) is 18.9 Å². The molecular formula is C15H18O3. The predicted molar refractivity (Wildman–Crippen MR) is 69.7 cm³/mol. The molecule has 0 unspecified atom stereocenters. The zero-order valence-electron chi connectivity index (χ0n) is 10.6. The molecule has 1 aromatic carbocycles. The zero-order chi connectivity index (χ0) is 13.0. The van der Waals surface area contributed by atoms with E-state index in [0.29, 0.717) is 17.7 Å². The van der Waals surface area contributed by atoms with Gasteiger partial charge in [-0.2, -0.15) is 0 Å². The normalized spacial score (nSPS) is 16.5. The van der Waals surface area contributed by atoms with Crippen molar-refractivity contribution in [3.8, 4) is 11.5 Å². The van der Waals surface area contributed by atoms with E-state index in [-0.39, 0.29) is 11.7 Å². The Morgan fingerprint density at radius 1 is 1.39 bits per heavy atom. The molecule has 1 N–H and O–H groups in total. The maximum Gasteiger partial charge on any atom is 0.339 e. The number of para-hydroxylation sites is 1. The third-order valence-corrected chi connectivity index (χ3v) is 3.11. The topological polar surface area (TPSA) is 46.5 Å². The molecule has 18 heavy (non-hydrogen) atoms. The number of esters is 1. The lowest BCUT2D eigenvalue weighted by Crippen LogP contribution is -2.19. The summed E-state index contributed by atoms with van der Waals surface area (Å²) in [6.07, 6.45) is 6.87. The SMILES string of the molecule is CCCCC/C=C1\Cc2cccc(O)c2OC1=O. The fourth-order valence-electron chi connectivity index (χ4n) is 2.09. The number of benzene rings is 1. The first-order chi connectivity index (χ1) is 8.72. The number of phenolic OH excluding ortho intramolecular Hbond substituents is 1. The maximum atomic E-state index is 11.8. The average molecular weight is 246 g/mol. The molecule has 0 atom stereocenters. The van der Waals surface area contributed by atoms with Gasteiger partial charge < -0.3 is 9.84 Å². The molecular weight excluding hydrogens is 228 g/mol. The van der Waals surface area contributed by atoms with Gasteiger partial charge in [0.1, 0.15) is 0 Å². The minimum atomic E-state index is -0.333. The van der Waals surface area contributed by atoms with Crippen LogP contribution in [0.25, 0.3) is 0 Å². The third kappa shape index (κ3) is 2.73. The highest BCUT2D eigenvalue weighted by molar-refractivity contribution is 5.93. The molecule has 0 saturated carbocycles. The molecule has 0 spiro atoms. The van der Waals surface area contributed by atoms with Crippen LogP contribution in [0, 0.1) is 0 Å². The number of aromatic hydroxyl groups is 1. The quantitative estimate of drug-likeness (QED) is 0.383. The van der Waals surface area contributed by atoms with Crippen molar-refractivity contribution in [3.63, 3.8) is 0 Å². The molecule has 1 aliphatic heterocycles. The maximum absolute atomic E-state index is 11.8. The summed E-state index contributed by atoms with van der Waals surface area (Å²) in [4.78, 5) is 11.8. The molecule has 2 rings (SSSR count). The lowest BCUT2D eigenvalue weighted by molar-refractivity contribution is -0.131. The number of carbonyl (C=O) groups excluding carboxylic acids is 1. The van der Waals surface area contributed by atoms with Crippen LogP contribution >= 0.6 is 0 Å². The second kappa shape index (κ2) is 5.71. The second-order valence-electron chi connectivity index (χ2n) is 4.56. The van der Waals surface area contributed by atoms with Crippen LogP contribution in [0.4, 0.5) is 0 Å². The Morgan fingerprint density at radius 3 is 3.00 bits per heavy atom. The number of rotatable bonds is 4. The van der Waals surface area contributed by atoms with E-state index in [4.69, 9.17) is 4.74 Å². The van der Waals surface area contributed by atoms with E-state index >= 15 is 0 Å². The minimum Gasteiger partial charge on any atom is -0.504 e. The van der Waals surface area contributed by atoms with Crippen LogP contribution in [0.2, 0.25) is 0 Å². The first kappa shape index (κ1) is 12.7. The minimum absolute atomic E-state index is 0.0332. The van der Waals surface area contributed by atoms with Crippen molar-refractivity contribution in [2.24, 2.45) is 0 Å². The number of carbonyl (C=O) groups is 1. The van der Waals surface area contributed by atoms with E-state index in [1.165, 1.54) is 18.9 Å². The lowest BCUT2D eigenvalue weighted by atomic mass is 9.99. The monoisotopic (exact) mass is 246 g/mol. The summed E-state index contributed by atoms with van der Waals surface area (Å²) in [6, 6.07) is 5.17. The summed E-state index contributed by atoms with van der Waals surface area (Å²) in [7, 11) is 0. The van der Waals surface area contributed by atoms with Crippen LogP contribution in [0.15, 0.2) is 29.8 Å². The fourth-order valence-corrected chi connectivity index (χ4v) is 2.09. The number of allylic oxidation sites excluding steroid dienone is 1. The summed E-state index contributed by atoms with van der Waals surface area (Å²) in [6.45, 7) is 2.15. The van der Waals surface area contributed by atoms with E-state index in [1.54, 1.807) is 6.07 Å². The molecule has 0 radical (unpaired) electrons. The Labute approximate surface area is 107 Å². The van der Waals surface area contributed by atoms with Crippen LogP contribution in [-0.4, -0.2) is 11.1 Å². The van der Waals surface area contributed by atoms with Crippen LogP contribution in [0.3, 0.4) is 0 Å². The zero-order valence-corrected chi connectivity index (χ0v) is 10.6. The van der Waals surface area contributed by atoms with Gasteiger partial charge in [0.25, 0.3) is 0 Å². The number of hydrogen-bond donors (Lipinski definition) is 1.